The van der Waals surface area contributed by atoms with Crippen LogP contribution in [0.25, 0.3) is 11.1 Å². The number of carbonyl (C=O) groups is 2. The molecule has 2 aromatic carbocycles. The van der Waals surface area contributed by atoms with Gasteiger partial charge in [0.25, 0.3) is 0 Å². The summed E-state index contributed by atoms with van der Waals surface area (Å²) in [5, 5.41) is 9.55. The number of esters is 1. The summed E-state index contributed by atoms with van der Waals surface area (Å²) >= 11 is 0. The first kappa shape index (κ1) is 18.4. The van der Waals surface area contributed by atoms with E-state index < -0.39 is 29.2 Å². The second kappa shape index (κ2) is 8.24. The number of halogens is 1. The van der Waals surface area contributed by atoms with Gasteiger partial charge < -0.3 is 9.84 Å². The van der Waals surface area contributed by atoms with Gasteiger partial charge in [0.1, 0.15) is 5.82 Å². The van der Waals surface area contributed by atoms with Crippen LogP contribution in [-0.2, 0) is 14.3 Å². The normalized spacial score (nSPS) is 12.5. The SMILES string of the molecule is CCOC(=O)C(O)=CC(=O)C(C)c1ccc(-c2ccccc2)c(F)c1. The Morgan fingerprint density at radius 1 is 1.20 bits per heavy atom. The van der Waals surface area contributed by atoms with Gasteiger partial charge >= 0.3 is 5.97 Å². The average Bonchev–Trinajstić information content (AvgIpc) is 2.61. The van der Waals surface area contributed by atoms with Crippen LogP contribution in [0.1, 0.15) is 25.3 Å². The van der Waals surface area contributed by atoms with Crippen molar-refractivity contribution < 1.29 is 23.8 Å². The Balaban J connectivity index is 2.21. The number of aliphatic hydroxyl groups is 1. The molecule has 0 radical (unpaired) electrons. The highest BCUT2D eigenvalue weighted by molar-refractivity contribution is 6.01. The van der Waals surface area contributed by atoms with Crippen molar-refractivity contribution in [2.75, 3.05) is 6.61 Å². The van der Waals surface area contributed by atoms with Crippen LogP contribution < -0.4 is 0 Å². The first-order valence-corrected chi connectivity index (χ1v) is 7.90. The minimum absolute atomic E-state index is 0.0899. The van der Waals surface area contributed by atoms with Crippen molar-refractivity contribution in [3.63, 3.8) is 0 Å². The Labute approximate surface area is 145 Å². The smallest absolute Gasteiger partial charge is 0.373 e. The highest BCUT2D eigenvalue weighted by Gasteiger charge is 2.18. The van der Waals surface area contributed by atoms with Crippen molar-refractivity contribution >= 4 is 11.8 Å². The summed E-state index contributed by atoms with van der Waals surface area (Å²) < 4.78 is 19.0. The van der Waals surface area contributed by atoms with Crippen LogP contribution in [0.2, 0.25) is 0 Å². The van der Waals surface area contributed by atoms with Crippen LogP contribution >= 0.6 is 0 Å². The van der Waals surface area contributed by atoms with Crippen molar-refractivity contribution in [2.45, 2.75) is 19.8 Å². The molecule has 4 nitrogen and oxygen atoms in total. The lowest BCUT2D eigenvalue weighted by molar-refractivity contribution is -0.141. The van der Waals surface area contributed by atoms with Gasteiger partial charge in [-0.05, 0) is 24.1 Å². The second-order valence-corrected chi connectivity index (χ2v) is 5.48. The molecule has 1 unspecified atom stereocenters. The summed E-state index contributed by atoms with van der Waals surface area (Å²) in [6.07, 6.45) is 0.811. The highest BCUT2D eigenvalue weighted by Crippen LogP contribution is 2.26. The highest BCUT2D eigenvalue weighted by atomic mass is 19.1. The predicted octanol–water partition coefficient (Wildman–Crippen LogP) is 4.17. The first-order valence-electron chi connectivity index (χ1n) is 7.90. The monoisotopic (exact) mass is 342 g/mol. The quantitative estimate of drug-likeness (QED) is 0.486. The number of allylic oxidation sites excluding steroid dienone is 1. The molecule has 0 spiro atoms. The van der Waals surface area contributed by atoms with E-state index in [-0.39, 0.29) is 6.61 Å². The minimum atomic E-state index is -0.964. The largest absolute Gasteiger partial charge is 0.502 e. The van der Waals surface area contributed by atoms with E-state index in [2.05, 4.69) is 4.74 Å². The van der Waals surface area contributed by atoms with E-state index in [0.717, 1.165) is 11.6 Å². The summed E-state index contributed by atoms with van der Waals surface area (Å²) in [6, 6.07) is 13.6. The number of benzene rings is 2. The molecule has 1 atom stereocenters. The van der Waals surface area contributed by atoms with Gasteiger partial charge in [0.05, 0.1) is 6.61 Å². The average molecular weight is 342 g/mol. The van der Waals surface area contributed by atoms with E-state index in [0.29, 0.717) is 11.1 Å². The fourth-order valence-electron chi connectivity index (χ4n) is 2.34. The standard InChI is InChI=1S/C20H19FO4/c1-3-25-20(24)19(23)12-18(22)13(2)15-9-10-16(17(21)11-15)14-7-5-4-6-8-14/h4-13,23H,3H2,1-2H3. The summed E-state index contributed by atoms with van der Waals surface area (Å²) in [5.74, 6) is -3.40. The molecule has 25 heavy (non-hydrogen) atoms. The van der Waals surface area contributed by atoms with Crippen LogP contribution in [0, 0.1) is 5.82 Å². The Bertz CT molecular complexity index is 797. The number of aliphatic hydroxyl groups excluding tert-OH is 1. The zero-order chi connectivity index (χ0) is 18.4. The van der Waals surface area contributed by atoms with Crippen LogP contribution in [-0.4, -0.2) is 23.5 Å². The number of ether oxygens (including phenoxy) is 1. The molecule has 0 aliphatic heterocycles. The Morgan fingerprint density at radius 3 is 2.48 bits per heavy atom. The second-order valence-electron chi connectivity index (χ2n) is 5.48. The molecular weight excluding hydrogens is 323 g/mol. The van der Waals surface area contributed by atoms with E-state index in [1.54, 1.807) is 38.1 Å². The molecule has 0 aliphatic rings. The van der Waals surface area contributed by atoms with Gasteiger partial charge in [-0.25, -0.2) is 9.18 Å². The third-order valence-electron chi connectivity index (χ3n) is 3.77. The van der Waals surface area contributed by atoms with Gasteiger partial charge in [0, 0.05) is 17.6 Å². The molecule has 1 N–H and O–H groups in total. The van der Waals surface area contributed by atoms with E-state index in [1.807, 2.05) is 18.2 Å². The zero-order valence-electron chi connectivity index (χ0n) is 14.0. The molecule has 5 heteroatoms. The summed E-state index contributed by atoms with van der Waals surface area (Å²) in [5.41, 5.74) is 1.63. The summed E-state index contributed by atoms with van der Waals surface area (Å²) in [7, 11) is 0. The maximum Gasteiger partial charge on any atom is 0.373 e. The van der Waals surface area contributed by atoms with Crippen LogP contribution in [0.4, 0.5) is 4.39 Å². The Morgan fingerprint density at radius 2 is 1.88 bits per heavy atom. The van der Waals surface area contributed by atoms with Crippen molar-refractivity contribution in [2.24, 2.45) is 0 Å². The number of hydrogen-bond donors (Lipinski definition) is 1. The lowest BCUT2D eigenvalue weighted by Crippen LogP contribution is -2.12. The maximum atomic E-state index is 14.4. The third kappa shape index (κ3) is 4.53. The Hall–Kier alpha value is -2.95. The molecule has 2 aromatic rings. The van der Waals surface area contributed by atoms with Gasteiger partial charge in [-0.15, -0.1) is 0 Å². The molecule has 0 bridgehead atoms. The van der Waals surface area contributed by atoms with Crippen molar-refractivity contribution in [1.82, 2.24) is 0 Å². The molecule has 0 fully saturated rings. The van der Waals surface area contributed by atoms with Gasteiger partial charge in [-0.2, -0.15) is 0 Å². The molecular formula is C20H19FO4. The minimum Gasteiger partial charge on any atom is -0.502 e. The molecule has 0 amide bonds. The topological polar surface area (TPSA) is 63.6 Å². The maximum absolute atomic E-state index is 14.4. The molecule has 2 rings (SSSR count). The molecule has 0 aromatic heterocycles. The van der Waals surface area contributed by atoms with Gasteiger partial charge in [-0.1, -0.05) is 49.4 Å². The fraction of sp³-hybridized carbons (Fsp3) is 0.200. The molecule has 0 heterocycles. The van der Waals surface area contributed by atoms with Crippen LogP contribution in [0.15, 0.2) is 60.4 Å². The zero-order valence-corrected chi connectivity index (χ0v) is 14.0. The van der Waals surface area contributed by atoms with E-state index in [4.69, 9.17) is 0 Å². The van der Waals surface area contributed by atoms with E-state index >= 15 is 0 Å². The number of ketones is 1. The summed E-state index contributed by atoms with van der Waals surface area (Å²) in [4.78, 5) is 23.5. The number of rotatable bonds is 6. The van der Waals surface area contributed by atoms with Gasteiger partial charge in [0.15, 0.2) is 5.78 Å². The first-order chi connectivity index (χ1) is 11.9. The van der Waals surface area contributed by atoms with E-state index in [9.17, 15) is 19.1 Å². The fourth-order valence-corrected chi connectivity index (χ4v) is 2.34. The van der Waals surface area contributed by atoms with Crippen LogP contribution in [0.5, 0.6) is 0 Å². The van der Waals surface area contributed by atoms with E-state index in [1.165, 1.54) is 6.07 Å². The van der Waals surface area contributed by atoms with Gasteiger partial charge in [0.2, 0.25) is 5.76 Å². The lowest BCUT2D eigenvalue weighted by Gasteiger charge is -2.11. The molecule has 130 valence electrons. The molecule has 0 aliphatic carbocycles. The third-order valence-corrected chi connectivity index (χ3v) is 3.77. The predicted molar refractivity (Wildman–Crippen MR) is 92.6 cm³/mol. The molecule has 0 saturated heterocycles. The van der Waals surface area contributed by atoms with Crippen LogP contribution in [0.3, 0.4) is 0 Å². The number of carbonyl (C=O) groups excluding carboxylic acids is 2. The Kier molecular flexibility index (Phi) is 6.06. The lowest BCUT2D eigenvalue weighted by atomic mass is 9.93. The van der Waals surface area contributed by atoms with Crippen molar-refractivity contribution in [1.29, 1.82) is 0 Å². The summed E-state index contributed by atoms with van der Waals surface area (Å²) in [6.45, 7) is 3.26. The van der Waals surface area contributed by atoms with Crippen molar-refractivity contribution in [3.8, 4) is 11.1 Å². The number of hydrogen-bond acceptors (Lipinski definition) is 4. The van der Waals surface area contributed by atoms with Gasteiger partial charge in [-0.3, -0.25) is 4.79 Å². The molecule has 0 saturated carbocycles. The van der Waals surface area contributed by atoms with Crippen molar-refractivity contribution in [3.05, 3.63) is 71.7 Å².